The summed E-state index contributed by atoms with van der Waals surface area (Å²) in [7, 11) is 0. The lowest BCUT2D eigenvalue weighted by Crippen LogP contribution is -2.07. The first-order valence-corrected chi connectivity index (χ1v) is 5.02. The Morgan fingerprint density at radius 1 is 1.36 bits per heavy atom. The van der Waals surface area contributed by atoms with Gasteiger partial charge in [0.05, 0.1) is 6.10 Å². The highest BCUT2D eigenvalue weighted by Crippen LogP contribution is 2.59. The number of aliphatic hydroxyl groups is 1. The van der Waals surface area contributed by atoms with Crippen molar-refractivity contribution in [1.29, 1.82) is 0 Å². The van der Waals surface area contributed by atoms with Gasteiger partial charge in [0.25, 0.3) is 0 Å². The molecule has 0 spiro atoms. The van der Waals surface area contributed by atoms with Gasteiger partial charge in [-0.1, -0.05) is 19.8 Å². The van der Waals surface area contributed by atoms with Crippen LogP contribution in [0.3, 0.4) is 0 Å². The third-order valence-electron chi connectivity index (χ3n) is 3.53. The highest BCUT2D eigenvalue weighted by atomic mass is 16.3. The van der Waals surface area contributed by atoms with Gasteiger partial charge in [0.2, 0.25) is 0 Å². The molecule has 2 aliphatic rings. The summed E-state index contributed by atoms with van der Waals surface area (Å²) in [5, 5.41) is 9.51. The van der Waals surface area contributed by atoms with E-state index in [1.54, 1.807) is 0 Å². The first-order chi connectivity index (χ1) is 5.34. The average Bonchev–Trinajstić information content (AvgIpc) is 2.58. The number of hydrogen-bond acceptors (Lipinski definition) is 1. The van der Waals surface area contributed by atoms with Gasteiger partial charge in [-0.3, -0.25) is 0 Å². The van der Waals surface area contributed by atoms with Gasteiger partial charge in [-0.15, -0.1) is 0 Å². The number of aliphatic hydroxyl groups excluding tert-OH is 1. The Morgan fingerprint density at radius 3 is 2.73 bits per heavy atom. The van der Waals surface area contributed by atoms with Crippen molar-refractivity contribution in [2.45, 2.75) is 45.1 Å². The van der Waals surface area contributed by atoms with Gasteiger partial charge in [-0.2, -0.15) is 0 Å². The summed E-state index contributed by atoms with van der Waals surface area (Å²) in [5.41, 5.74) is 0. The second-order valence-electron chi connectivity index (χ2n) is 4.19. The second kappa shape index (κ2) is 2.78. The number of hydrogen-bond donors (Lipinski definition) is 1. The first-order valence-electron chi connectivity index (χ1n) is 5.02. The molecule has 4 atom stereocenters. The average molecular weight is 154 g/mol. The van der Waals surface area contributed by atoms with E-state index in [4.69, 9.17) is 0 Å². The lowest BCUT2D eigenvalue weighted by Gasteiger charge is -2.06. The van der Waals surface area contributed by atoms with Crippen molar-refractivity contribution < 1.29 is 5.11 Å². The molecule has 0 bridgehead atoms. The molecule has 2 aliphatic carbocycles. The minimum atomic E-state index is 0.0712. The van der Waals surface area contributed by atoms with E-state index in [0.29, 0.717) is 0 Å². The summed E-state index contributed by atoms with van der Waals surface area (Å²) in [5.74, 6) is 2.57. The molecule has 2 rings (SSSR count). The van der Waals surface area contributed by atoms with Gasteiger partial charge in [0.15, 0.2) is 0 Å². The van der Waals surface area contributed by atoms with Crippen molar-refractivity contribution in [2.24, 2.45) is 17.8 Å². The smallest absolute Gasteiger partial charge is 0.0574 e. The molecular formula is C10H18O. The fourth-order valence-electron chi connectivity index (χ4n) is 2.85. The summed E-state index contributed by atoms with van der Waals surface area (Å²) in [6.07, 6.45) is 6.51. The number of unbranched alkanes of at least 4 members (excludes halogenated alkanes) is 1. The van der Waals surface area contributed by atoms with Crippen LogP contribution in [0.4, 0.5) is 0 Å². The van der Waals surface area contributed by atoms with Crippen molar-refractivity contribution in [3.63, 3.8) is 0 Å². The zero-order valence-corrected chi connectivity index (χ0v) is 7.29. The maximum Gasteiger partial charge on any atom is 0.0574 e. The Hall–Kier alpha value is -0.0400. The quantitative estimate of drug-likeness (QED) is 0.660. The summed E-state index contributed by atoms with van der Waals surface area (Å²) in [6, 6.07) is 0. The zero-order chi connectivity index (χ0) is 7.84. The van der Waals surface area contributed by atoms with Crippen LogP contribution in [-0.4, -0.2) is 11.2 Å². The molecule has 1 N–H and O–H groups in total. The molecule has 1 unspecified atom stereocenters. The molecule has 0 amide bonds. The molecule has 1 nitrogen and oxygen atoms in total. The Labute approximate surface area is 68.8 Å². The monoisotopic (exact) mass is 154 g/mol. The van der Waals surface area contributed by atoms with Crippen LogP contribution in [0.5, 0.6) is 0 Å². The van der Waals surface area contributed by atoms with E-state index >= 15 is 0 Å². The van der Waals surface area contributed by atoms with E-state index in [2.05, 4.69) is 6.92 Å². The van der Waals surface area contributed by atoms with E-state index in [1.165, 1.54) is 25.7 Å². The Kier molecular flexibility index (Phi) is 1.92. The Morgan fingerprint density at radius 2 is 2.18 bits per heavy atom. The lowest BCUT2D eigenvalue weighted by atomic mass is 10.0. The van der Waals surface area contributed by atoms with E-state index in [-0.39, 0.29) is 6.10 Å². The van der Waals surface area contributed by atoms with Crippen LogP contribution in [0.15, 0.2) is 0 Å². The fourth-order valence-corrected chi connectivity index (χ4v) is 2.85. The van der Waals surface area contributed by atoms with E-state index in [0.717, 1.165) is 24.2 Å². The molecule has 2 fully saturated rings. The van der Waals surface area contributed by atoms with Crippen LogP contribution in [0.2, 0.25) is 0 Å². The molecule has 64 valence electrons. The normalized spacial score (nSPS) is 47.5. The van der Waals surface area contributed by atoms with Crippen LogP contribution >= 0.6 is 0 Å². The molecule has 0 aromatic carbocycles. The SMILES string of the molecule is CCCCC1[C@H]2[C@H](O)CC[C@@H]12. The molecule has 2 saturated carbocycles. The predicted octanol–water partition coefficient (Wildman–Crippen LogP) is 2.19. The highest BCUT2D eigenvalue weighted by Gasteiger charge is 2.56. The molecular weight excluding hydrogens is 136 g/mol. The van der Waals surface area contributed by atoms with Crippen LogP contribution in [0, 0.1) is 17.8 Å². The summed E-state index contributed by atoms with van der Waals surface area (Å²) >= 11 is 0. The molecule has 0 heterocycles. The third-order valence-corrected chi connectivity index (χ3v) is 3.53. The van der Waals surface area contributed by atoms with Crippen LogP contribution < -0.4 is 0 Å². The second-order valence-corrected chi connectivity index (χ2v) is 4.19. The predicted molar refractivity (Wildman–Crippen MR) is 45.2 cm³/mol. The Balaban J connectivity index is 1.76. The molecule has 11 heavy (non-hydrogen) atoms. The topological polar surface area (TPSA) is 20.2 Å². The van der Waals surface area contributed by atoms with Crippen molar-refractivity contribution in [3.05, 3.63) is 0 Å². The first kappa shape index (κ1) is 7.60. The van der Waals surface area contributed by atoms with E-state index in [1.807, 2.05) is 0 Å². The van der Waals surface area contributed by atoms with Crippen molar-refractivity contribution in [3.8, 4) is 0 Å². The van der Waals surface area contributed by atoms with Gasteiger partial charge in [-0.25, -0.2) is 0 Å². The minimum Gasteiger partial charge on any atom is -0.393 e. The van der Waals surface area contributed by atoms with Crippen LogP contribution in [0.1, 0.15) is 39.0 Å². The summed E-state index contributed by atoms with van der Waals surface area (Å²) < 4.78 is 0. The van der Waals surface area contributed by atoms with Crippen molar-refractivity contribution >= 4 is 0 Å². The highest BCUT2D eigenvalue weighted by molar-refractivity contribution is 5.05. The summed E-state index contributed by atoms with van der Waals surface area (Å²) in [6.45, 7) is 2.24. The number of rotatable bonds is 3. The van der Waals surface area contributed by atoms with E-state index in [9.17, 15) is 5.11 Å². The molecule has 0 aliphatic heterocycles. The third kappa shape index (κ3) is 1.20. The molecule has 1 heteroatoms. The van der Waals surface area contributed by atoms with Gasteiger partial charge in [0.1, 0.15) is 0 Å². The van der Waals surface area contributed by atoms with Crippen LogP contribution in [-0.2, 0) is 0 Å². The lowest BCUT2D eigenvalue weighted by molar-refractivity contribution is 0.149. The van der Waals surface area contributed by atoms with Crippen molar-refractivity contribution in [1.82, 2.24) is 0 Å². The molecule has 0 aromatic heterocycles. The van der Waals surface area contributed by atoms with Gasteiger partial charge in [0, 0.05) is 0 Å². The van der Waals surface area contributed by atoms with Gasteiger partial charge in [-0.05, 0) is 37.0 Å². The molecule has 0 aromatic rings. The minimum absolute atomic E-state index is 0.0712. The standard InChI is InChI=1S/C10H18O/c1-2-3-4-7-8-5-6-9(11)10(7)8/h7-11H,2-6H2,1H3/t7?,8-,9+,10+/m0/s1. The largest absolute Gasteiger partial charge is 0.393 e. The fraction of sp³-hybridized carbons (Fsp3) is 1.00. The van der Waals surface area contributed by atoms with Crippen molar-refractivity contribution in [2.75, 3.05) is 0 Å². The molecule has 0 radical (unpaired) electrons. The van der Waals surface area contributed by atoms with Gasteiger partial charge < -0.3 is 5.11 Å². The summed E-state index contributed by atoms with van der Waals surface area (Å²) in [4.78, 5) is 0. The molecule has 0 saturated heterocycles. The van der Waals surface area contributed by atoms with E-state index < -0.39 is 0 Å². The Bertz CT molecular complexity index is 144. The van der Waals surface area contributed by atoms with Gasteiger partial charge >= 0.3 is 0 Å². The van der Waals surface area contributed by atoms with Crippen LogP contribution in [0.25, 0.3) is 0 Å². The maximum atomic E-state index is 9.51. The zero-order valence-electron chi connectivity index (χ0n) is 7.29. The number of fused-ring (bicyclic) bond motifs is 1. The maximum absolute atomic E-state index is 9.51.